The minimum atomic E-state index is -1.01. The summed E-state index contributed by atoms with van der Waals surface area (Å²) in [6, 6.07) is 7.44. The summed E-state index contributed by atoms with van der Waals surface area (Å²) in [6.45, 7) is 3.24. The minimum Gasteiger partial charge on any atom is -0.469 e. The van der Waals surface area contributed by atoms with E-state index >= 15 is 0 Å². The van der Waals surface area contributed by atoms with Crippen molar-refractivity contribution >= 4 is 22.6 Å². The number of hydrogen-bond acceptors (Lipinski definition) is 7. The smallest absolute Gasteiger partial charge is 0.305 e. The summed E-state index contributed by atoms with van der Waals surface area (Å²) in [5.74, 6) is 0.126. The topological polar surface area (TPSA) is 82.1 Å². The van der Waals surface area contributed by atoms with E-state index in [1.165, 1.54) is 7.11 Å². The Bertz CT molecular complexity index is 834. The predicted molar refractivity (Wildman–Crippen MR) is 126 cm³/mol. The number of ketones is 1. The zero-order valence-corrected chi connectivity index (χ0v) is 20.4. The van der Waals surface area contributed by atoms with Crippen LogP contribution in [0.25, 0.3) is 0 Å². The number of methoxy groups -OCH3 is 1. The average molecular weight is 478 g/mol. The molecule has 33 heavy (non-hydrogen) atoms. The van der Waals surface area contributed by atoms with Gasteiger partial charge in [0.1, 0.15) is 0 Å². The lowest BCUT2D eigenvalue weighted by Crippen LogP contribution is -2.49. The fourth-order valence-corrected chi connectivity index (χ4v) is 5.04. The molecule has 2 fully saturated rings. The number of hydrogen-bond donors (Lipinski definition) is 0. The van der Waals surface area contributed by atoms with E-state index in [1.54, 1.807) is 6.26 Å². The molecule has 0 amide bonds. The molecule has 0 radical (unpaired) electrons. The van der Waals surface area contributed by atoms with Crippen molar-refractivity contribution in [2.45, 2.75) is 55.8 Å². The minimum absolute atomic E-state index is 0.0786. The Kier molecular flexibility index (Phi) is 10.2. The predicted octanol–water partition coefficient (Wildman–Crippen LogP) is 2.89. The Balaban J connectivity index is 1.61. The summed E-state index contributed by atoms with van der Waals surface area (Å²) in [6.07, 6.45) is 8.85. The lowest BCUT2D eigenvalue weighted by molar-refractivity contribution is -0.140. The number of esters is 1. The summed E-state index contributed by atoms with van der Waals surface area (Å²) in [7, 11) is 0.397. The van der Waals surface area contributed by atoms with Gasteiger partial charge in [0.25, 0.3) is 0 Å². The van der Waals surface area contributed by atoms with Crippen molar-refractivity contribution in [3.8, 4) is 0 Å². The summed E-state index contributed by atoms with van der Waals surface area (Å²) in [4.78, 5) is 27.3. The maximum atomic E-state index is 13.0. The van der Waals surface area contributed by atoms with Crippen LogP contribution in [0.3, 0.4) is 0 Å². The lowest BCUT2D eigenvalue weighted by Gasteiger charge is -2.35. The van der Waals surface area contributed by atoms with Gasteiger partial charge in [-0.3, -0.25) is 18.7 Å². The Hall–Kier alpha value is -1.87. The molecule has 0 N–H and O–H groups in total. The molecule has 4 atom stereocenters. The van der Waals surface area contributed by atoms with Crippen LogP contribution in [0.15, 0.2) is 41.3 Å². The molecule has 1 aliphatic carbocycles. The first-order valence-electron chi connectivity index (χ1n) is 11.6. The number of nitrogens with zero attached hydrogens (tertiary/aromatic N) is 1. The molecule has 1 saturated carbocycles. The molecule has 3 rings (SSSR count). The Morgan fingerprint density at radius 3 is 2.61 bits per heavy atom. The molecule has 1 saturated heterocycles. The third-order valence-corrected chi connectivity index (χ3v) is 7.26. The normalized spacial score (nSPS) is 24.9. The van der Waals surface area contributed by atoms with Crippen molar-refractivity contribution in [2.75, 3.05) is 39.7 Å². The summed E-state index contributed by atoms with van der Waals surface area (Å²) in [5.41, 5.74) is 1.00. The van der Waals surface area contributed by atoms with E-state index in [0.29, 0.717) is 32.7 Å². The van der Waals surface area contributed by atoms with E-state index in [2.05, 4.69) is 21.8 Å². The van der Waals surface area contributed by atoms with Crippen LogP contribution in [0.2, 0.25) is 0 Å². The van der Waals surface area contributed by atoms with Gasteiger partial charge in [-0.05, 0) is 37.0 Å². The van der Waals surface area contributed by atoms with E-state index in [4.69, 9.17) is 9.47 Å². The molecule has 2 aliphatic rings. The fourth-order valence-electron chi connectivity index (χ4n) is 4.52. The Morgan fingerprint density at radius 1 is 1.21 bits per heavy atom. The van der Waals surface area contributed by atoms with E-state index in [0.717, 1.165) is 42.8 Å². The first-order chi connectivity index (χ1) is 16.0. The number of unbranched alkanes of at least 4 members (excludes halogenated alkanes) is 1. The van der Waals surface area contributed by atoms with E-state index in [-0.39, 0.29) is 29.8 Å². The van der Waals surface area contributed by atoms with E-state index < -0.39 is 10.8 Å². The van der Waals surface area contributed by atoms with Gasteiger partial charge in [0, 0.05) is 53.8 Å². The highest BCUT2D eigenvalue weighted by Crippen LogP contribution is 2.34. The van der Waals surface area contributed by atoms with Crippen LogP contribution < -0.4 is 0 Å². The molecule has 1 heterocycles. The molecule has 1 aliphatic heterocycles. The number of Topliss-reactive ketones (excluding diaryl/α,β-unsaturated/α-hetero) is 1. The number of allylic oxidation sites excluding steroid dienone is 2. The third-order valence-electron chi connectivity index (χ3n) is 6.33. The quantitative estimate of drug-likeness (QED) is 0.275. The van der Waals surface area contributed by atoms with Gasteiger partial charge >= 0.3 is 5.97 Å². The van der Waals surface area contributed by atoms with Gasteiger partial charge in [0.15, 0.2) is 5.78 Å². The molecular formula is C25H35NO6S. The van der Waals surface area contributed by atoms with Gasteiger partial charge in [-0.2, -0.15) is 0 Å². The zero-order valence-electron chi connectivity index (χ0n) is 19.6. The fraction of sp³-hybridized carbons (Fsp3) is 0.600. The second-order valence-electron chi connectivity index (χ2n) is 8.55. The number of morpholine rings is 1. The standard InChI is InChI=1S/C25H35NO6S/c1-30-24(28)8-6-4-3-5-7-21-23(17-22(27)25(21)26-13-15-31-16-14-26)32-18-19-9-11-20(12-10-19)33(2)29/h3,5,9-12,21,23,25H,4,6-8,13-18H2,1-2H3/b5-3-/t21-,23-,25+,33?/m0/s1. The SMILES string of the molecule is COC(=O)CCC/C=C\C[C@H]1[C@@H](OCc2ccc(S(C)=O)cc2)CC(=O)[C@@H]1N1CCOCC1. The van der Waals surface area contributed by atoms with Gasteiger partial charge in [-0.15, -0.1) is 0 Å². The zero-order chi connectivity index (χ0) is 23.6. The lowest BCUT2D eigenvalue weighted by atomic mass is 9.95. The molecule has 0 aromatic heterocycles. The molecule has 1 aromatic carbocycles. The van der Waals surface area contributed by atoms with Crippen molar-refractivity contribution in [1.82, 2.24) is 4.90 Å². The molecular weight excluding hydrogens is 442 g/mol. The summed E-state index contributed by atoms with van der Waals surface area (Å²) in [5, 5.41) is 0. The van der Waals surface area contributed by atoms with Crippen LogP contribution in [0.5, 0.6) is 0 Å². The molecule has 7 nitrogen and oxygen atoms in total. The Labute approximate surface area is 198 Å². The van der Waals surface area contributed by atoms with Crippen molar-refractivity contribution in [3.63, 3.8) is 0 Å². The maximum Gasteiger partial charge on any atom is 0.305 e. The Morgan fingerprint density at radius 2 is 1.94 bits per heavy atom. The van der Waals surface area contributed by atoms with Crippen LogP contribution in [-0.4, -0.2) is 72.7 Å². The van der Waals surface area contributed by atoms with Crippen molar-refractivity contribution in [3.05, 3.63) is 42.0 Å². The van der Waals surface area contributed by atoms with Crippen LogP contribution in [-0.2, 0) is 41.2 Å². The van der Waals surface area contributed by atoms with Crippen molar-refractivity contribution < 1.29 is 28.0 Å². The molecule has 0 spiro atoms. The third kappa shape index (κ3) is 7.57. The van der Waals surface area contributed by atoms with Crippen LogP contribution in [0.4, 0.5) is 0 Å². The number of ether oxygens (including phenoxy) is 3. The van der Waals surface area contributed by atoms with Crippen LogP contribution in [0, 0.1) is 5.92 Å². The first kappa shape index (κ1) is 25.7. The highest BCUT2D eigenvalue weighted by atomic mass is 32.2. The number of benzene rings is 1. The van der Waals surface area contributed by atoms with Crippen molar-refractivity contribution in [2.24, 2.45) is 5.92 Å². The highest BCUT2D eigenvalue weighted by Gasteiger charge is 2.45. The van der Waals surface area contributed by atoms with Crippen molar-refractivity contribution in [1.29, 1.82) is 0 Å². The van der Waals surface area contributed by atoms with Gasteiger partial charge < -0.3 is 14.2 Å². The van der Waals surface area contributed by atoms with Crippen LogP contribution >= 0.6 is 0 Å². The first-order valence-corrected chi connectivity index (χ1v) is 13.2. The molecule has 182 valence electrons. The molecule has 0 bridgehead atoms. The monoisotopic (exact) mass is 477 g/mol. The second kappa shape index (κ2) is 13.1. The molecule has 1 unspecified atom stereocenters. The van der Waals surface area contributed by atoms with Gasteiger partial charge in [-0.1, -0.05) is 24.3 Å². The van der Waals surface area contributed by atoms with E-state index in [1.807, 2.05) is 24.3 Å². The average Bonchev–Trinajstić information content (AvgIpc) is 3.15. The van der Waals surface area contributed by atoms with Gasteiger partial charge in [-0.25, -0.2) is 0 Å². The van der Waals surface area contributed by atoms with E-state index in [9.17, 15) is 13.8 Å². The largest absolute Gasteiger partial charge is 0.469 e. The highest BCUT2D eigenvalue weighted by molar-refractivity contribution is 7.84. The summed E-state index contributed by atoms with van der Waals surface area (Å²) >= 11 is 0. The van der Waals surface area contributed by atoms with Crippen LogP contribution in [0.1, 0.15) is 37.7 Å². The van der Waals surface area contributed by atoms with Gasteiger partial charge in [0.2, 0.25) is 0 Å². The molecule has 8 heteroatoms. The number of carbonyl (C=O) groups is 2. The van der Waals surface area contributed by atoms with Gasteiger partial charge in [0.05, 0.1) is 39.1 Å². The number of rotatable bonds is 11. The number of carbonyl (C=O) groups excluding carboxylic acids is 2. The maximum absolute atomic E-state index is 13.0. The molecule has 1 aromatic rings. The second-order valence-corrected chi connectivity index (χ2v) is 9.93. The summed E-state index contributed by atoms with van der Waals surface area (Å²) < 4.78 is 28.0.